The van der Waals surface area contributed by atoms with Crippen molar-refractivity contribution in [2.24, 2.45) is 0 Å². The minimum atomic E-state index is -0.0594. The summed E-state index contributed by atoms with van der Waals surface area (Å²) in [4.78, 5) is 20.0. The van der Waals surface area contributed by atoms with Gasteiger partial charge in [-0.2, -0.15) is 0 Å². The van der Waals surface area contributed by atoms with Crippen molar-refractivity contribution in [3.8, 4) is 5.75 Å². The monoisotopic (exact) mass is 323 g/mol. The maximum Gasteiger partial charge on any atom is 0.251 e. The van der Waals surface area contributed by atoms with E-state index in [0.29, 0.717) is 18.5 Å². The summed E-state index contributed by atoms with van der Waals surface area (Å²) in [6, 6.07) is 11.5. The number of benzene rings is 2. The molecule has 0 atom stereocenters. The first-order valence-corrected chi connectivity index (χ1v) is 7.95. The normalized spacial score (nSPS) is 10.8. The van der Waals surface area contributed by atoms with Crippen LogP contribution < -0.4 is 10.1 Å². The Hall–Kier alpha value is -2.82. The number of nitrogens with one attached hydrogen (secondary N) is 2. The number of hydrogen-bond donors (Lipinski definition) is 2. The average Bonchev–Trinajstić information content (AvgIpc) is 2.98. The predicted octanol–water partition coefficient (Wildman–Crippen LogP) is 3.16. The van der Waals surface area contributed by atoms with Crippen molar-refractivity contribution >= 4 is 16.9 Å². The van der Waals surface area contributed by atoms with Crippen molar-refractivity contribution in [3.63, 3.8) is 0 Å². The van der Waals surface area contributed by atoms with Gasteiger partial charge in [0.25, 0.3) is 5.91 Å². The van der Waals surface area contributed by atoms with Crippen LogP contribution in [0.3, 0.4) is 0 Å². The Balaban J connectivity index is 1.61. The van der Waals surface area contributed by atoms with Crippen molar-refractivity contribution < 1.29 is 9.53 Å². The van der Waals surface area contributed by atoms with Gasteiger partial charge in [-0.3, -0.25) is 4.79 Å². The molecule has 0 aliphatic carbocycles. The SMILES string of the molecule is COc1ccc2nc(CCNC(=O)c3ccc(C)c(C)c3)[nH]c2c1. The maximum absolute atomic E-state index is 12.2. The molecule has 1 aromatic heterocycles. The standard InChI is InChI=1S/C19H21N3O2/c1-12-4-5-14(10-13(12)2)19(23)20-9-8-18-21-16-7-6-15(24-3)11-17(16)22-18/h4-7,10-11H,8-9H2,1-3H3,(H,20,23)(H,21,22). The van der Waals surface area contributed by atoms with Crippen molar-refractivity contribution in [3.05, 3.63) is 58.9 Å². The van der Waals surface area contributed by atoms with E-state index in [4.69, 9.17) is 4.74 Å². The van der Waals surface area contributed by atoms with E-state index in [9.17, 15) is 4.79 Å². The van der Waals surface area contributed by atoms with Crippen molar-refractivity contribution in [1.82, 2.24) is 15.3 Å². The van der Waals surface area contributed by atoms with Crippen LogP contribution in [0.15, 0.2) is 36.4 Å². The summed E-state index contributed by atoms with van der Waals surface area (Å²) in [5.41, 5.74) is 4.82. The van der Waals surface area contributed by atoms with E-state index in [1.165, 1.54) is 5.56 Å². The van der Waals surface area contributed by atoms with Gasteiger partial charge >= 0.3 is 0 Å². The fourth-order valence-electron chi connectivity index (χ4n) is 2.57. The van der Waals surface area contributed by atoms with Crippen LogP contribution in [0.25, 0.3) is 11.0 Å². The second-order valence-electron chi connectivity index (χ2n) is 5.87. The number of aromatic amines is 1. The summed E-state index contributed by atoms with van der Waals surface area (Å²) in [6.45, 7) is 4.57. The van der Waals surface area contributed by atoms with Gasteiger partial charge in [-0.1, -0.05) is 6.07 Å². The van der Waals surface area contributed by atoms with Crippen LogP contribution in [0.2, 0.25) is 0 Å². The molecule has 0 unspecified atom stereocenters. The Morgan fingerprint density at radius 1 is 1.17 bits per heavy atom. The predicted molar refractivity (Wildman–Crippen MR) is 94.6 cm³/mol. The minimum Gasteiger partial charge on any atom is -0.497 e. The largest absolute Gasteiger partial charge is 0.497 e. The maximum atomic E-state index is 12.2. The van der Waals surface area contributed by atoms with Crippen molar-refractivity contribution in [2.75, 3.05) is 13.7 Å². The Morgan fingerprint density at radius 3 is 2.75 bits per heavy atom. The highest BCUT2D eigenvalue weighted by Crippen LogP contribution is 2.18. The van der Waals surface area contributed by atoms with Crippen molar-refractivity contribution in [2.45, 2.75) is 20.3 Å². The number of H-pyrrole nitrogens is 1. The van der Waals surface area contributed by atoms with Crippen LogP contribution in [0, 0.1) is 13.8 Å². The molecule has 124 valence electrons. The molecule has 1 heterocycles. The van der Waals surface area contributed by atoms with Gasteiger partial charge in [0.15, 0.2) is 0 Å². The van der Waals surface area contributed by atoms with Gasteiger partial charge in [-0.15, -0.1) is 0 Å². The first-order valence-electron chi connectivity index (χ1n) is 7.95. The number of aromatic nitrogens is 2. The Bertz CT molecular complexity index is 883. The molecular formula is C19H21N3O2. The van der Waals surface area contributed by atoms with Gasteiger partial charge in [0.1, 0.15) is 11.6 Å². The summed E-state index contributed by atoms with van der Waals surface area (Å²) in [5, 5.41) is 2.94. The highest BCUT2D eigenvalue weighted by atomic mass is 16.5. The van der Waals surface area contributed by atoms with E-state index < -0.39 is 0 Å². The Kier molecular flexibility index (Phi) is 4.51. The molecule has 0 spiro atoms. The lowest BCUT2D eigenvalue weighted by Gasteiger charge is -2.06. The smallest absolute Gasteiger partial charge is 0.251 e. The van der Waals surface area contributed by atoms with E-state index in [1.807, 2.05) is 50.2 Å². The summed E-state index contributed by atoms with van der Waals surface area (Å²) < 4.78 is 5.21. The number of ether oxygens (including phenoxy) is 1. The van der Waals surface area contributed by atoms with Crippen molar-refractivity contribution in [1.29, 1.82) is 0 Å². The van der Waals surface area contributed by atoms with Gasteiger partial charge in [0.2, 0.25) is 0 Å². The zero-order chi connectivity index (χ0) is 17.1. The number of fused-ring (bicyclic) bond motifs is 1. The highest BCUT2D eigenvalue weighted by Gasteiger charge is 2.08. The second-order valence-corrected chi connectivity index (χ2v) is 5.87. The van der Waals surface area contributed by atoms with Gasteiger partial charge in [-0.25, -0.2) is 4.98 Å². The number of nitrogens with zero attached hydrogens (tertiary/aromatic N) is 1. The first kappa shape index (κ1) is 16.1. The zero-order valence-corrected chi connectivity index (χ0v) is 14.1. The molecule has 0 aliphatic heterocycles. The van der Waals surface area contributed by atoms with Gasteiger partial charge < -0.3 is 15.0 Å². The molecule has 1 amide bonds. The molecule has 0 saturated carbocycles. The number of aryl methyl sites for hydroxylation is 2. The number of rotatable bonds is 5. The van der Waals surface area contributed by atoms with E-state index in [2.05, 4.69) is 15.3 Å². The molecule has 2 N–H and O–H groups in total. The van der Waals surface area contributed by atoms with E-state index in [0.717, 1.165) is 28.2 Å². The summed E-state index contributed by atoms with van der Waals surface area (Å²) in [7, 11) is 1.64. The molecule has 0 radical (unpaired) electrons. The van der Waals surface area contributed by atoms with Crippen LogP contribution >= 0.6 is 0 Å². The van der Waals surface area contributed by atoms with E-state index in [1.54, 1.807) is 7.11 Å². The number of amides is 1. The molecule has 2 aromatic carbocycles. The number of methoxy groups -OCH3 is 1. The minimum absolute atomic E-state index is 0.0594. The third-order valence-corrected chi connectivity index (χ3v) is 4.15. The molecule has 0 saturated heterocycles. The topological polar surface area (TPSA) is 67.0 Å². The van der Waals surface area contributed by atoms with Crippen LogP contribution in [-0.2, 0) is 6.42 Å². The zero-order valence-electron chi connectivity index (χ0n) is 14.1. The second kappa shape index (κ2) is 6.74. The van der Waals surface area contributed by atoms with Gasteiger partial charge in [0.05, 0.1) is 18.1 Å². The molecule has 0 bridgehead atoms. The summed E-state index contributed by atoms with van der Waals surface area (Å²) in [6.07, 6.45) is 0.646. The fourth-order valence-corrected chi connectivity index (χ4v) is 2.57. The molecular weight excluding hydrogens is 302 g/mol. The quantitative estimate of drug-likeness (QED) is 0.758. The molecule has 5 nitrogen and oxygen atoms in total. The average molecular weight is 323 g/mol. The van der Waals surface area contributed by atoms with Crippen LogP contribution in [0.5, 0.6) is 5.75 Å². The number of carbonyl (C=O) groups excluding carboxylic acids is 1. The number of hydrogen-bond acceptors (Lipinski definition) is 3. The summed E-state index contributed by atoms with van der Waals surface area (Å²) in [5.74, 6) is 1.58. The van der Waals surface area contributed by atoms with Gasteiger partial charge in [0, 0.05) is 24.6 Å². The number of imidazole rings is 1. The molecule has 5 heteroatoms. The number of carbonyl (C=O) groups is 1. The fraction of sp³-hybridized carbons (Fsp3) is 0.263. The van der Waals surface area contributed by atoms with Crippen LogP contribution in [0.4, 0.5) is 0 Å². The lowest BCUT2D eigenvalue weighted by Crippen LogP contribution is -2.26. The highest BCUT2D eigenvalue weighted by molar-refractivity contribution is 5.94. The van der Waals surface area contributed by atoms with E-state index in [-0.39, 0.29) is 5.91 Å². The first-order chi connectivity index (χ1) is 11.6. The summed E-state index contributed by atoms with van der Waals surface area (Å²) >= 11 is 0. The third-order valence-electron chi connectivity index (χ3n) is 4.15. The Morgan fingerprint density at radius 2 is 2.00 bits per heavy atom. The third kappa shape index (κ3) is 3.40. The molecule has 0 aliphatic rings. The lowest BCUT2D eigenvalue weighted by atomic mass is 10.1. The van der Waals surface area contributed by atoms with Gasteiger partial charge in [-0.05, 0) is 49.2 Å². The molecule has 3 aromatic rings. The Labute approximate surface area is 141 Å². The van der Waals surface area contributed by atoms with E-state index >= 15 is 0 Å². The molecule has 0 fully saturated rings. The molecule has 24 heavy (non-hydrogen) atoms. The molecule has 3 rings (SSSR count). The van der Waals surface area contributed by atoms with Crippen LogP contribution in [0.1, 0.15) is 27.3 Å². The van der Waals surface area contributed by atoms with Crippen LogP contribution in [-0.4, -0.2) is 29.5 Å². The lowest BCUT2D eigenvalue weighted by molar-refractivity contribution is 0.0954.